The molecule has 2 aromatic heterocycles. The van der Waals surface area contributed by atoms with Crippen molar-refractivity contribution in [1.82, 2.24) is 24.3 Å². The lowest BCUT2D eigenvalue weighted by molar-refractivity contribution is -0.135. The lowest BCUT2D eigenvalue weighted by Gasteiger charge is -2.54. The fourth-order valence-corrected chi connectivity index (χ4v) is 6.24. The molecule has 0 unspecified atom stereocenters. The Hall–Kier alpha value is -3.60. The van der Waals surface area contributed by atoms with Gasteiger partial charge < -0.3 is 24.4 Å². The maximum absolute atomic E-state index is 14.6. The highest BCUT2D eigenvalue weighted by Crippen LogP contribution is 2.58. The van der Waals surface area contributed by atoms with Crippen molar-refractivity contribution in [1.29, 1.82) is 0 Å². The van der Waals surface area contributed by atoms with Crippen LogP contribution in [0, 0.1) is 5.82 Å². The molecule has 1 amide bonds. The first-order chi connectivity index (χ1) is 19.0. The molecule has 8 nitrogen and oxygen atoms in total. The zero-order chi connectivity index (χ0) is 28.8. The van der Waals surface area contributed by atoms with Gasteiger partial charge in [0.25, 0.3) is 5.91 Å². The minimum Gasteiger partial charge on any atom is -0.491 e. The van der Waals surface area contributed by atoms with Crippen molar-refractivity contribution >= 4 is 11.9 Å². The molecule has 0 saturated heterocycles. The van der Waals surface area contributed by atoms with Crippen molar-refractivity contribution in [2.45, 2.75) is 57.2 Å². The molecule has 2 aliphatic rings. The molecular formula is C29H35F3N6O2. The van der Waals surface area contributed by atoms with Gasteiger partial charge in [0.05, 0.1) is 31.1 Å². The number of pyridine rings is 1. The lowest BCUT2D eigenvalue weighted by atomic mass is 9.58. The topological polar surface area (TPSA) is 75.5 Å². The fourth-order valence-electron chi connectivity index (χ4n) is 6.24. The molecule has 3 aromatic rings. The number of anilines is 1. The molecule has 1 fully saturated rings. The second kappa shape index (κ2) is 10.4. The van der Waals surface area contributed by atoms with Gasteiger partial charge in [0.2, 0.25) is 11.9 Å². The number of benzene rings is 1. The molecule has 1 atom stereocenters. The van der Waals surface area contributed by atoms with Crippen LogP contribution in [0.4, 0.5) is 19.1 Å². The Balaban J connectivity index is 1.61. The number of nitrogens with zero attached hydrogens (tertiary/aromatic N) is 5. The number of nitrogens with one attached hydrogen (secondary N) is 1. The van der Waals surface area contributed by atoms with E-state index < -0.39 is 23.2 Å². The summed E-state index contributed by atoms with van der Waals surface area (Å²) >= 11 is 0. The highest BCUT2D eigenvalue weighted by atomic mass is 19.3. The van der Waals surface area contributed by atoms with Gasteiger partial charge in [-0.2, -0.15) is 0 Å². The Morgan fingerprint density at radius 2 is 1.95 bits per heavy atom. The number of amides is 1. The van der Waals surface area contributed by atoms with Crippen molar-refractivity contribution in [3.63, 3.8) is 0 Å². The summed E-state index contributed by atoms with van der Waals surface area (Å²) in [7, 11) is 5.63. The zero-order valence-corrected chi connectivity index (χ0v) is 23.5. The standard InChI is InChI=1S/C29H35F3N6O2/c1-6-40-24-11-23(35-12-22(24)30)18(2)38-17-28(15-29(31,32)16-28)25-20(14-36(4)5)9-19(10-21(25)26(38)39)13-37-8-7-34-27(37)33-3/h7-12,18H,6,13-17H2,1-5H3,(H,33,34)/t18-/m0/s1. The number of imidazole rings is 1. The van der Waals surface area contributed by atoms with Crippen LogP contribution in [0.5, 0.6) is 5.75 Å². The van der Waals surface area contributed by atoms with E-state index in [-0.39, 0.29) is 37.6 Å². The van der Waals surface area contributed by atoms with Gasteiger partial charge >= 0.3 is 0 Å². The molecule has 1 saturated carbocycles. The molecule has 11 heteroatoms. The average Bonchev–Trinajstić information content (AvgIpc) is 3.32. The Labute approximate surface area is 232 Å². The van der Waals surface area contributed by atoms with Crippen LogP contribution >= 0.6 is 0 Å². The van der Waals surface area contributed by atoms with E-state index in [2.05, 4.69) is 15.3 Å². The first-order valence-corrected chi connectivity index (χ1v) is 13.4. The van der Waals surface area contributed by atoms with Crippen LogP contribution in [0.2, 0.25) is 0 Å². The number of hydrogen-bond donors (Lipinski definition) is 1. The summed E-state index contributed by atoms with van der Waals surface area (Å²) in [6.45, 7) is 4.90. The largest absolute Gasteiger partial charge is 0.491 e. The number of fused-ring (bicyclic) bond motifs is 2. The average molecular weight is 557 g/mol. The second-order valence-corrected chi connectivity index (χ2v) is 11.1. The Bertz CT molecular complexity index is 1410. The fraction of sp³-hybridized carbons (Fsp3) is 0.483. The quantitative estimate of drug-likeness (QED) is 0.406. The van der Waals surface area contributed by atoms with Gasteiger partial charge in [-0.3, -0.25) is 9.78 Å². The van der Waals surface area contributed by atoms with E-state index in [0.29, 0.717) is 35.9 Å². The Kier molecular flexibility index (Phi) is 7.28. The maximum atomic E-state index is 14.6. The monoisotopic (exact) mass is 556 g/mol. The molecule has 3 heterocycles. The minimum atomic E-state index is -2.81. The molecule has 0 radical (unpaired) electrons. The normalized spacial score (nSPS) is 18.0. The van der Waals surface area contributed by atoms with E-state index in [0.717, 1.165) is 17.3 Å². The lowest BCUT2D eigenvalue weighted by Crippen LogP contribution is -2.60. The van der Waals surface area contributed by atoms with Crippen molar-refractivity contribution < 1.29 is 22.7 Å². The third-order valence-corrected chi connectivity index (χ3v) is 7.78. The van der Waals surface area contributed by atoms with Crippen LogP contribution in [-0.2, 0) is 18.5 Å². The zero-order valence-electron chi connectivity index (χ0n) is 23.5. The molecule has 1 aliphatic carbocycles. The molecule has 0 bridgehead atoms. The summed E-state index contributed by atoms with van der Waals surface area (Å²) in [5.74, 6) is -2.94. The van der Waals surface area contributed by atoms with E-state index in [4.69, 9.17) is 4.74 Å². The summed E-state index contributed by atoms with van der Waals surface area (Å²) < 4.78 is 50.8. The van der Waals surface area contributed by atoms with Crippen LogP contribution in [-0.4, -0.2) is 70.5 Å². The maximum Gasteiger partial charge on any atom is 0.254 e. The number of ether oxygens (including phenoxy) is 1. The van der Waals surface area contributed by atoms with Gasteiger partial charge in [0.1, 0.15) is 0 Å². The Morgan fingerprint density at radius 1 is 1.20 bits per heavy atom. The summed E-state index contributed by atoms with van der Waals surface area (Å²) in [6, 6.07) is 4.76. The highest BCUT2D eigenvalue weighted by Gasteiger charge is 2.61. The first-order valence-electron chi connectivity index (χ1n) is 13.4. The third-order valence-electron chi connectivity index (χ3n) is 7.78. The minimum absolute atomic E-state index is 0.0466. The van der Waals surface area contributed by atoms with E-state index in [1.54, 1.807) is 32.0 Å². The van der Waals surface area contributed by atoms with Gasteiger partial charge in [0.15, 0.2) is 11.6 Å². The van der Waals surface area contributed by atoms with Gasteiger partial charge in [0, 0.05) is 62.4 Å². The van der Waals surface area contributed by atoms with E-state index in [9.17, 15) is 18.0 Å². The van der Waals surface area contributed by atoms with E-state index in [1.165, 1.54) is 6.07 Å². The third kappa shape index (κ3) is 5.02. The smallest absolute Gasteiger partial charge is 0.254 e. The molecule has 1 spiro atoms. The Morgan fingerprint density at radius 3 is 2.60 bits per heavy atom. The highest BCUT2D eigenvalue weighted by molar-refractivity contribution is 5.98. The number of halogens is 3. The number of carbonyl (C=O) groups excluding carboxylic acids is 1. The number of rotatable bonds is 9. The van der Waals surface area contributed by atoms with Crippen LogP contribution in [0.3, 0.4) is 0 Å². The molecule has 214 valence electrons. The van der Waals surface area contributed by atoms with Crippen molar-refractivity contribution in [3.05, 3.63) is 70.6 Å². The van der Waals surface area contributed by atoms with Gasteiger partial charge in [-0.25, -0.2) is 18.2 Å². The molecule has 1 N–H and O–H groups in total. The number of aromatic nitrogens is 3. The summed E-state index contributed by atoms with van der Waals surface area (Å²) in [5, 5.41) is 3.05. The molecular weight excluding hydrogens is 521 g/mol. The molecule has 1 aromatic carbocycles. The second-order valence-electron chi connectivity index (χ2n) is 11.1. The number of carbonyl (C=O) groups is 1. The summed E-state index contributed by atoms with van der Waals surface area (Å²) in [6.07, 6.45) is 3.93. The van der Waals surface area contributed by atoms with Crippen molar-refractivity contribution in [2.24, 2.45) is 0 Å². The summed E-state index contributed by atoms with van der Waals surface area (Å²) in [4.78, 5) is 26.3. The van der Waals surface area contributed by atoms with Crippen LogP contribution < -0.4 is 10.1 Å². The first kappa shape index (κ1) is 27.9. The van der Waals surface area contributed by atoms with E-state index >= 15 is 0 Å². The number of hydrogen-bond acceptors (Lipinski definition) is 6. The van der Waals surface area contributed by atoms with Crippen LogP contribution in [0.15, 0.2) is 36.8 Å². The van der Waals surface area contributed by atoms with Crippen molar-refractivity contribution in [3.8, 4) is 5.75 Å². The van der Waals surface area contributed by atoms with Crippen LogP contribution in [0.1, 0.15) is 65.5 Å². The van der Waals surface area contributed by atoms with Crippen LogP contribution in [0.25, 0.3) is 0 Å². The summed E-state index contributed by atoms with van der Waals surface area (Å²) in [5.41, 5.74) is 2.43. The molecule has 40 heavy (non-hydrogen) atoms. The SMILES string of the molecule is CCOc1cc([C@H](C)N2CC3(CC(F)(F)C3)c3c(CN(C)C)cc(Cn4ccnc4NC)cc3C2=O)ncc1F. The van der Waals surface area contributed by atoms with E-state index in [1.807, 2.05) is 41.9 Å². The number of alkyl halides is 2. The molecule has 1 aliphatic heterocycles. The molecule has 5 rings (SSSR count). The predicted octanol–water partition coefficient (Wildman–Crippen LogP) is 4.85. The van der Waals surface area contributed by atoms with Gasteiger partial charge in [-0.05, 0) is 50.7 Å². The predicted molar refractivity (Wildman–Crippen MR) is 145 cm³/mol. The van der Waals surface area contributed by atoms with Gasteiger partial charge in [-0.15, -0.1) is 0 Å². The van der Waals surface area contributed by atoms with Gasteiger partial charge in [-0.1, -0.05) is 6.07 Å². The van der Waals surface area contributed by atoms with Crippen molar-refractivity contribution in [2.75, 3.05) is 39.6 Å².